The van der Waals surface area contributed by atoms with Gasteiger partial charge in [0, 0.05) is 6.54 Å². The van der Waals surface area contributed by atoms with Gasteiger partial charge in [-0.3, -0.25) is 20.1 Å². The second kappa shape index (κ2) is 6.98. The third kappa shape index (κ3) is 4.13. The van der Waals surface area contributed by atoms with E-state index in [9.17, 15) is 4.79 Å². The molecule has 0 radical (unpaired) electrons. The molecule has 0 unspecified atom stereocenters. The van der Waals surface area contributed by atoms with Gasteiger partial charge in [-0.15, -0.1) is 0 Å². The summed E-state index contributed by atoms with van der Waals surface area (Å²) >= 11 is 0. The maximum atomic E-state index is 12.0. The molecule has 7 heteroatoms. The van der Waals surface area contributed by atoms with E-state index >= 15 is 0 Å². The van der Waals surface area contributed by atoms with Crippen molar-refractivity contribution in [2.45, 2.75) is 26.2 Å². The van der Waals surface area contributed by atoms with Gasteiger partial charge in [0.2, 0.25) is 5.95 Å². The minimum absolute atomic E-state index is 0.0585. The summed E-state index contributed by atoms with van der Waals surface area (Å²) in [6.07, 6.45) is 6.39. The lowest BCUT2D eigenvalue weighted by molar-refractivity contribution is -0.134. The van der Waals surface area contributed by atoms with E-state index in [1.54, 1.807) is 5.01 Å². The Morgan fingerprint density at radius 2 is 2.05 bits per heavy atom. The smallest absolute Gasteiger partial charge is 0.255 e. The molecule has 7 nitrogen and oxygen atoms in total. The first-order valence-corrected chi connectivity index (χ1v) is 6.71. The highest BCUT2D eigenvalue weighted by atomic mass is 16.2. The van der Waals surface area contributed by atoms with Crippen molar-refractivity contribution in [3.63, 3.8) is 0 Å². The van der Waals surface area contributed by atoms with Crippen LogP contribution >= 0.6 is 0 Å². The van der Waals surface area contributed by atoms with Crippen LogP contribution in [0, 0.1) is 0 Å². The average Bonchev–Trinajstić information content (AvgIpc) is 2.43. The number of carbonyl (C=O) groups excluding carboxylic acids is 1. The van der Waals surface area contributed by atoms with Gasteiger partial charge < -0.3 is 0 Å². The fourth-order valence-electron chi connectivity index (χ4n) is 2.03. The zero-order valence-electron chi connectivity index (χ0n) is 11.2. The van der Waals surface area contributed by atoms with Gasteiger partial charge in [-0.1, -0.05) is 19.8 Å². The molecule has 0 saturated carbocycles. The molecule has 0 atom stereocenters. The number of hydrogen-bond donors (Lipinski definition) is 1. The van der Waals surface area contributed by atoms with Crippen LogP contribution in [-0.4, -0.2) is 56.9 Å². The summed E-state index contributed by atoms with van der Waals surface area (Å²) in [4.78, 5) is 25.8. The number of piperazine rings is 1. The SMILES string of the molecule is CCCCCN1CCN(Nc2ncncn2)C(=O)C1. The van der Waals surface area contributed by atoms with Gasteiger partial charge in [0.05, 0.1) is 13.1 Å². The molecule has 2 heterocycles. The van der Waals surface area contributed by atoms with Crippen LogP contribution in [-0.2, 0) is 4.79 Å². The lowest BCUT2D eigenvalue weighted by Gasteiger charge is -2.34. The predicted octanol–water partition coefficient (Wildman–Crippen LogP) is 0.533. The molecule has 0 bridgehead atoms. The molecule has 19 heavy (non-hydrogen) atoms. The van der Waals surface area contributed by atoms with Gasteiger partial charge in [0.15, 0.2) is 0 Å². The maximum absolute atomic E-state index is 12.0. The van der Waals surface area contributed by atoms with E-state index in [-0.39, 0.29) is 5.91 Å². The van der Waals surface area contributed by atoms with Crippen LogP contribution in [0.4, 0.5) is 5.95 Å². The third-order valence-corrected chi connectivity index (χ3v) is 3.11. The van der Waals surface area contributed by atoms with Crippen LogP contribution in [0.15, 0.2) is 12.7 Å². The molecule has 1 fully saturated rings. The molecule has 1 aliphatic rings. The van der Waals surface area contributed by atoms with E-state index < -0.39 is 0 Å². The van der Waals surface area contributed by atoms with Crippen molar-refractivity contribution in [3.05, 3.63) is 12.7 Å². The summed E-state index contributed by atoms with van der Waals surface area (Å²) < 4.78 is 0. The Hall–Kier alpha value is -1.76. The monoisotopic (exact) mass is 264 g/mol. The summed E-state index contributed by atoms with van der Waals surface area (Å²) in [6.45, 7) is 5.17. The second-order valence-corrected chi connectivity index (χ2v) is 4.60. The Balaban J connectivity index is 1.79. The van der Waals surface area contributed by atoms with Crippen LogP contribution in [0.25, 0.3) is 0 Å². The van der Waals surface area contributed by atoms with Gasteiger partial charge in [-0.25, -0.2) is 4.98 Å². The Labute approximate surface area is 113 Å². The average molecular weight is 264 g/mol. The Bertz CT molecular complexity index is 398. The van der Waals surface area contributed by atoms with Crippen molar-refractivity contribution < 1.29 is 4.79 Å². The highest BCUT2D eigenvalue weighted by Crippen LogP contribution is 2.07. The van der Waals surface area contributed by atoms with E-state index in [1.807, 2.05) is 0 Å². The Morgan fingerprint density at radius 1 is 1.26 bits per heavy atom. The standard InChI is InChI=1S/C12H20N6O/c1-2-3-4-5-17-6-7-18(11(19)8-17)16-12-14-9-13-10-15-12/h9-10H,2-8H2,1H3,(H,13,14,15,16). The first kappa shape index (κ1) is 13.7. The molecule has 1 saturated heterocycles. The second-order valence-electron chi connectivity index (χ2n) is 4.60. The molecule has 0 aromatic carbocycles. The van der Waals surface area contributed by atoms with E-state index in [2.05, 4.69) is 32.2 Å². The van der Waals surface area contributed by atoms with Crippen LogP contribution in [0.5, 0.6) is 0 Å². The van der Waals surface area contributed by atoms with Gasteiger partial charge in [0.1, 0.15) is 12.7 Å². The lowest BCUT2D eigenvalue weighted by atomic mass is 10.2. The normalized spacial score (nSPS) is 16.7. The zero-order chi connectivity index (χ0) is 13.5. The number of unbranched alkanes of at least 4 members (excludes halogenated alkanes) is 2. The number of carbonyl (C=O) groups is 1. The largest absolute Gasteiger partial charge is 0.293 e. The van der Waals surface area contributed by atoms with Gasteiger partial charge >= 0.3 is 0 Å². The van der Waals surface area contributed by atoms with Gasteiger partial charge in [-0.2, -0.15) is 9.97 Å². The first-order chi connectivity index (χ1) is 9.29. The third-order valence-electron chi connectivity index (χ3n) is 3.11. The van der Waals surface area contributed by atoms with E-state index in [1.165, 1.54) is 25.5 Å². The highest BCUT2D eigenvalue weighted by Gasteiger charge is 2.23. The molecular formula is C12H20N6O. The molecule has 1 aromatic heterocycles. The van der Waals surface area contributed by atoms with Crippen molar-refractivity contribution in [1.29, 1.82) is 0 Å². The molecule has 1 aromatic rings. The van der Waals surface area contributed by atoms with E-state index in [0.29, 0.717) is 19.0 Å². The van der Waals surface area contributed by atoms with E-state index in [4.69, 9.17) is 0 Å². The predicted molar refractivity (Wildman–Crippen MR) is 71.1 cm³/mol. The number of anilines is 1. The number of nitrogens with one attached hydrogen (secondary N) is 1. The summed E-state index contributed by atoms with van der Waals surface area (Å²) in [5, 5.41) is 1.58. The molecule has 1 amide bonds. The van der Waals surface area contributed by atoms with Crippen molar-refractivity contribution >= 4 is 11.9 Å². The Morgan fingerprint density at radius 3 is 2.74 bits per heavy atom. The first-order valence-electron chi connectivity index (χ1n) is 6.71. The number of nitrogens with zero attached hydrogens (tertiary/aromatic N) is 5. The van der Waals surface area contributed by atoms with Crippen molar-refractivity contribution in [1.82, 2.24) is 24.9 Å². The number of hydrogen-bond acceptors (Lipinski definition) is 6. The molecular weight excluding hydrogens is 244 g/mol. The molecule has 0 aliphatic carbocycles. The molecule has 1 N–H and O–H groups in total. The van der Waals surface area contributed by atoms with Crippen molar-refractivity contribution in [2.24, 2.45) is 0 Å². The van der Waals surface area contributed by atoms with Crippen molar-refractivity contribution in [3.8, 4) is 0 Å². The summed E-state index contributed by atoms with van der Waals surface area (Å²) in [6, 6.07) is 0. The van der Waals surface area contributed by atoms with Crippen molar-refractivity contribution in [2.75, 3.05) is 31.6 Å². The summed E-state index contributed by atoms with van der Waals surface area (Å²) in [7, 11) is 0. The number of amides is 1. The summed E-state index contributed by atoms with van der Waals surface area (Å²) in [5.41, 5.74) is 2.91. The highest BCUT2D eigenvalue weighted by molar-refractivity contribution is 5.80. The van der Waals surface area contributed by atoms with Crippen LogP contribution in [0.1, 0.15) is 26.2 Å². The molecule has 1 aliphatic heterocycles. The van der Waals surface area contributed by atoms with E-state index in [0.717, 1.165) is 19.5 Å². The lowest BCUT2D eigenvalue weighted by Crippen LogP contribution is -2.52. The fourth-order valence-corrected chi connectivity index (χ4v) is 2.03. The maximum Gasteiger partial charge on any atom is 0.255 e. The van der Waals surface area contributed by atoms with Crippen LogP contribution in [0.2, 0.25) is 0 Å². The number of rotatable bonds is 6. The van der Waals surface area contributed by atoms with Crippen LogP contribution in [0.3, 0.4) is 0 Å². The topological polar surface area (TPSA) is 74.2 Å². The minimum atomic E-state index is 0.0585. The number of aromatic nitrogens is 3. The fraction of sp³-hybridized carbons (Fsp3) is 0.667. The number of hydrazine groups is 1. The minimum Gasteiger partial charge on any atom is -0.293 e. The van der Waals surface area contributed by atoms with Gasteiger partial charge in [-0.05, 0) is 13.0 Å². The van der Waals surface area contributed by atoms with Gasteiger partial charge in [0.25, 0.3) is 5.91 Å². The quantitative estimate of drug-likeness (QED) is 0.756. The molecule has 104 valence electrons. The van der Waals surface area contributed by atoms with Crippen LogP contribution < -0.4 is 5.43 Å². The summed E-state index contributed by atoms with van der Waals surface area (Å²) in [5.74, 6) is 0.464. The Kier molecular flexibility index (Phi) is 5.02. The molecule has 2 rings (SSSR count). The molecule has 0 spiro atoms. The zero-order valence-corrected chi connectivity index (χ0v) is 11.2.